The molecule has 5 nitrogen and oxygen atoms in total. The largest absolute Gasteiger partial charge is 0.494 e. The van der Waals surface area contributed by atoms with Crippen molar-refractivity contribution >= 4 is 16.5 Å². The van der Waals surface area contributed by atoms with Crippen molar-refractivity contribution in [1.82, 2.24) is 10.3 Å². The Bertz CT molecular complexity index is 778. The van der Waals surface area contributed by atoms with E-state index in [0.717, 1.165) is 24.6 Å². The number of aryl methyl sites for hydroxylation is 1. The van der Waals surface area contributed by atoms with Crippen LogP contribution < -0.4 is 16.4 Å². The molecule has 202 valence electrons. The topological polar surface area (TPSA) is 72.2 Å². The molecular weight excluding hydrogens is 473 g/mol. The first-order valence-corrected chi connectivity index (χ1v) is 12.3. The minimum absolute atomic E-state index is 0.227. The fourth-order valence-corrected chi connectivity index (χ4v) is 2.82. The molecule has 9 heteroatoms. The van der Waals surface area contributed by atoms with Crippen LogP contribution in [0.25, 0.3) is 0 Å². The summed E-state index contributed by atoms with van der Waals surface area (Å²) < 4.78 is 45.1. The summed E-state index contributed by atoms with van der Waals surface area (Å²) in [5.74, 6) is -0.366. The van der Waals surface area contributed by atoms with Crippen LogP contribution in [0.5, 0.6) is 0 Å². The van der Waals surface area contributed by atoms with Crippen LogP contribution in [-0.2, 0) is 4.74 Å². The van der Waals surface area contributed by atoms with Crippen LogP contribution in [0.4, 0.5) is 18.3 Å². The van der Waals surface area contributed by atoms with Crippen molar-refractivity contribution in [1.29, 1.82) is 0 Å². The van der Waals surface area contributed by atoms with Crippen molar-refractivity contribution in [3.63, 3.8) is 0 Å². The van der Waals surface area contributed by atoms with E-state index in [1.807, 2.05) is 39.4 Å². The lowest BCUT2D eigenvalue weighted by Gasteiger charge is -2.16. The normalized spacial score (nSPS) is 10.7. The summed E-state index contributed by atoms with van der Waals surface area (Å²) in [5, 5.41) is 8.14. The van der Waals surface area contributed by atoms with Crippen molar-refractivity contribution in [3.05, 3.63) is 71.3 Å². The number of rotatable bonds is 10. The zero-order chi connectivity index (χ0) is 27.9. The summed E-state index contributed by atoms with van der Waals surface area (Å²) >= 11 is 1.33. The van der Waals surface area contributed by atoms with Crippen LogP contribution in [0.15, 0.2) is 65.6 Å². The smallest absolute Gasteiger partial charge is 0.420 e. The molecule has 0 bridgehead atoms. The maximum atomic E-state index is 13.3. The van der Waals surface area contributed by atoms with Crippen molar-refractivity contribution in [3.8, 4) is 0 Å². The average molecular weight is 519 g/mol. The Morgan fingerprint density at radius 1 is 1.23 bits per heavy atom. The maximum absolute atomic E-state index is 13.3. The molecule has 0 saturated heterocycles. The number of anilines is 1. The number of nitrogens with two attached hydrogens (primary N) is 1. The molecule has 4 N–H and O–H groups in total. The molecule has 35 heavy (non-hydrogen) atoms. The number of ether oxygens (including phenoxy) is 1. The molecule has 0 radical (unpaired) electrons. The lowest BCUT2D eigenvalue weighted by molar-refractivity contribution is -0.0938. The number of aromatic nitrogens is 1. The summed E-state index contributed by atoms with van der Waals surface area (Å²) in [6.07, 6.45) is 4.29. The molecule has 0 aromatic carbocycles. The molecule has 0 fully saturated rings. The van der Waals surface area contributed by atoms with Gasteiger partial charge in [-0.25, -0.2) is 4.98 Å². The monoisotopic (exact) mass is 518 g/mol. The molecule has 0 saturated carbocycles. The molecule has 0 aliphatic heterocycles. The van der Waals surface area contributed by atoms with Gasteiger partial charge in [-0.1, -0.05) is 44.1 Å². The number of hydrogen-bond acceptors (Lipinski definition) is 6. The van der Waals surface area contributed by atoms with Crippen LogP contribution in [-0.4, -0.2) is 31.9 Å². The van der Waals surface area contributed by atoms with Gasteiger partial charge < -0.3 is 21.1 Å². The van der Waals surface area contributed by atoms with Crippen LogP contribution in [0.3, 0.4) is 0 Å². The van der Waals surface area contributed by atoms with Gasteiger partial charge in [-0.2, -0.15) is 13.2 Å². The lowest BCUT2D eigenvalue weighted by Crippen LogP contribution is -2.16. The second kappa shape index (κ2) is 23.2. The average Bonchev–Trinajstić information content (AvgIpc) is 3.20. The third-order valence-corrected chi connectivity index (χ3v) is 4.42. The molecule has 0 aliphatic carbocycles. The van der Waals surface area contributed by atoms with E-state index in [2.05, 4.69) is 48.4 Å². The molecular formula is C26H45F3N4OS. The third-order valence-electron chi connectivity index (χ3n) is 3.54. The van der Waals surface area contributed by atoms with Gasteiger partial charge >= 0.3 is 6.18 Å². The standard InChI is InChI=1S/C17H23F3N2OS.C5H11N.C3H6.CH5N/c1-5-7-8-9-23-13(4)15(17(18,19)20)10-14(6-2)22-16-21-12(3)11-24-16;1-5(2)4-6-3;1-3-2;1-2/h6,10-11H,4-5,7-9H2,1-3H3,(H,21,22);4,6H,1-3H3;3H,1H2,2H3;2H2,1H3/b14-6+,15-10+;;;. The predicted octanol–water partition coefficient (Wildman–Crippen LogP) is 7.87. The van der Waals surface area contributed by atoms with Gasteiger partial charge in [0.05, 0.1) is 17.9 Å². The Kier molecular flexibility index (Phi) is 24.6. The molecule has 0 aliphatic rings. The second-order valence-corrected chi connectivity index (χ2v) is 7.97. The first-order valence-electron chi connectivity index (χ1n) is 11.4. The third kappa shape index (κ3) is 21.7. The van der Waals surface area contributed by atoms with Gasteiger partial charge in [0, 0.05) is 18.1 Å². The van der Waals surface area contributed by atoms with E-state index in [-0.39, 0.29) is 18.1 Å². The number of nitrogens with zero attached hydrogens (tertiary/aromatic N) is 1. The molecule has 1 rings (SSSR count). The molecule has 0 spiro atoms. The van der Waals surface area contributed by atoms with Gasteiger partial charge in [-0.05, 0) is 60.4 Å². The zero-order valence-electron chi connectivity index (χ0n) is 22.6. The van der Waals surface area contributed by atoms with Crippen LogP contribution in [0.2, 0.25) is 0 Å². The molecule has 1 aromatic rings. The summed E-state index contributed by atoms with van der Waals surface area (Å²) in [4.78, 5) is 4.19. The first kappa shape index (κ1) is 37.0. The van der Waals surface area contributed by atoms with Gasteiger partial charge in [0.15, 0.2) is 5.13 Å². The molecule has 1 aromatic heterocycles. The van der Waals surface area contributed by atoms with Crippen molar-refractivity contribution in [2.45, 2.75) is 67.0 Å². The van der Waals surface area contributed by atoms with E-state index < -0.39 is 11.7 Å². The van der Waals surface area contributed by atoms with E-state index in [4.69, 9.17) is 4.74 Å². The van der Waals surface area contributed by atoms with Gasteiger partial charge in [0.2, 0.25) is 0 Å². The van der Waals surface area contributed by atoms with Crippen LogP contribution in [0, 0.1) is 6.92 Å². The van der Waals surface area contributed by atoms with Crippen LogP contribution in [0.1, 0.15) is 59.6 Å². The van der Waals surface area contributed by atoms with Gasteiger partial charge in [-0.15, -0.1) is 17.9 Å². The number of thiazole rings is 1. The van der Waals surface area contributed by atoms with Crippen molar-refractivity contribution < 1.29 is 17.9 Å². The van der Waals surface area contributed by atoms with Gasteiger partial charge in [0.25, 0.3) is 0 Å². The highest BCUT2D eigenvalue weighted by molar-refractivity contribution is 7.13. The van der Waals surface area contributed by atoms with E-state index >= 15 is 0 Å². The highest BCUT2D eigenvalue weighted by Crippen LogP contribution is 2.32. The van der Waals surface area contributed by atoms with Crippen molar-refractivity contribution in [2.75, 3.05) is 26.0 Å². The Balaban J connectivity index is -0.000000783. The van der Waals surface area contributed by atoms with E-state index in [1.165, 1.54) is 24.0 Å². The number of unbranched alkanes of at least 4 members (excludes halogenated alkanes) is 2. The fraction of sp³-hybridized carbons (Fsp3) is 0.500. The molecule has 0 unspecified atom stereocenters. The van der Waals surface area contributed by atoms with Crippen LogP contribution >= 0.6 is 11.3 Å². The molecule has 1 heterocycles. The maximum Gasteiger partial charge on any atom is 0.420 e. The Labute approximate surface area is 214 Å². The first-order chi connectivity index (χ1) is 16.5. The van der Waals surface area contributed by atoms with Crippen molar-refractivity contribution in [2.24, 2.45) is 5.73 Å². The summed E-state index contributed by atoms with van der Waals surface area (Å²) in [6, 6.07) is 0. The number of alkyl halides is 3. The van der Waals surface area contributed by atoms with E-state index in [1.54, 1.807) is 19.1 Å². The quantitative estimate of drug-likeness (QED) is 0.127. The SMILES string of the molecule is C=C(OCCCCC)/C(=C\C(=C/C)Nc1nc(C)cs1)C(F)(F)F.C=CC.CN.CNC=C(C)C. The number of allylic oxidation sites excluding steroid dienone is 5. The summed E-state index contributed by atoms with van der Waals surface area (Å²) in [7, 11) is 3.40. The highest BCUT2D eigenvalue weighted by atomic mass is 32.1. The van der Waals surface area contributed by atoms with E-state index in [0.29, 0.717) is 11.6 Å². The van der Waals surface area contributed by atoms with E-state index in [9.17, 15) is 13.2 Å². The Morgan fingerprint density at radius 3 is 2.14 bits per heavy atom. The number of hydrogen-bond donors (Lipinski definition) is 3. The number of nitrogens with one attached hydrogen (secondary N) is 2. The van der Waals surface area contributed by atoms with Gasteiger partial charge in [0.1, 0.15) is 5.76 Å². The Hall–Kier alpha value is -2.52. The highest BCUT2D eigenvalue weighted by Gasteiger charge is 2.36. The summed E-state index contributed by atoms with van der Waals surface area (Å²) in [6.45, 7) is 18.5. The molecule has 0 amide bonds. The predicted molar refractivity (Wildman–Crippen MR) is 147 cm³/mol. The summed E-state index contributed by atoms with van der Waals surface area (Å²) in [5.41, 5.74) is 6.00. The zero-order valence-corrected chi connectivity index (χ0v) is 23.4. The number of halogens is 3. The minimum Gasteiger partial charge on any atom is -0.494 e. The Morgan fingerprint density at radius 2 is 1.80 bits per heavy atom. The second-order valence-electron chi connectivity index (χ2n) is 7.12. The van der Waals surface area contributed by atoms with Gasteiger partial charge in [-0.3, -0.25) is 0 Å². The molecule has 0 atom stereocenters. The fourth-order valence-electron chi connectivity index (χ4n) is 2.12. The minimum atomic E-state index is -4.55. The lowest BCUT2D eigenvalue weighted by atomic mass is 10.1.